The standard InChI is InChI=1S/C20H17Cl2N3O3/c21-12-1-3-16-14(9-12)19(18(11-23-16)25-5-7-28-8-6-25)24-17-4-2-13(22)10-15(17)20(26)27/h1-4,9-11H,5-8H2,(H,23,24)(H,26,27). The van der Waals surface area contributed by atoms with Crippen molar-refractivity contribution in [3.8, 4) is 0 Å². The summed E-state index contributed by atoms with van der Waals surface area (Å²) in [7, 11) is 0. The molecule has 0 atom stereocenters. The molecule has 6 nitrogen and oxygen atoms in total. The van der Waals surface area contributed by atoms with Crippen LogP contribution in [0, 0.1) is 0 Å². The third kappa shape index (κ3) is 3.71. The molecule has 1 aromatic heterocycles. The number of anilines is 3. The van der Waals surface area contributed by atoms with E-state index < -0.39 is 5.97 Å². The maximum atomic E-state index is 11.7. The number of carboxylic acid groups (broad SMARTS) is 1. The molecule has 0 bridgehead atoms. The second kappa shape index (κ2) is 7.83. The molecular formula is C20H17Cl2N3O3. The molecule has 0 amide bonds. The van der Waals surface area contributed by atoms with Gasteiger partial charge in [-0.05, 0) is 36.4 Å². The number of benzene rings is 2. The minimum Gasteiger partial charge on any atom is -0.478 e. The molecule has 1 fully saturated rings. The van der Waals surface area contributed by atoms with Crippen LogP contribution in [-0.2, 0) is 4.74 Å². The number of hydrogen-bond donors (Lipinski definition) is 2. The van der Waals surface area contributed by atoms with E-state index in [0.717, 1.165) is 35.4 Å². The van der Waals surface area contributed by atoms with Gasteiger partial charge in [0.25, 0.3) is 0 Å². The molecule has 0 saturated carbocycles. The lowest BCUT2D eigenvalue weighted by Crippen LogP contribution is -2.36. The smallest absolute Gasteiger partial charge is 0.337 e. The van der Waals surface area contributed by atoms with E-state index in [1.165, 1.54) is 6.07 Å². The van der Waals surface area contributed by atoms with Crippen LogP contribution in [0.15, 0.2) is 42.6 Å². The number of pyridine rings is 1. The average molecular weight is 418 g/mol. The Bertz CT molecular complexity index is 1050. The molecule has 4 rings (SSSR count). The zero-order valence-corrected chi connectivity index (χ0v) is 16.3. The summed E-state index contributed by atoms with van der Waals surface area (Å²) in [6.45, 7) is 2.67. The quantitative estimate of drug-likeness (QED) is 0.633. The summed E-state index contributed by atoms with van der Waals surface area (Å²) >= 11 is 12.2. The van der Waals surface area contributed by atoms with Crippen molar-refractivity contribution >= 4 is 57.1 Å². The van der Waals surface area contributed by atoms with E-state index in [4.69, 9.17) is 27.9 Å². The van der Waals surface area contributed by atoms with Crippen molar-refractivity contribution in [2.45, 2.75) is 0 Å². The van der Waals surface area contributed by atoms with Crippen LogP contribution in [0.25, 0.3) is 10.9 Å². The number of morpholine rings is 1. The van der Waals surface area contributed by atoms with Crippen molar-refractivity contribution in [2.24, 2.45) is 0 Å². The molecular weight excluding hydrogens is 401 g/mol. The predicted molar refractivity (Wildman–Crippen MR) is 111 cm³/mol. The number of nitrogens with zero attached hydrogens (tertiary/aromatic N) is 2. The van der Waals surface area contributed by atoms with Crippen molar-refractivity contribution in [3.63, 3.8) is 0 Å². The van der Waals surface area contributed by atoms with E-state index in [2.05, 4.69) is 15.2 Å². The Morgan fingerprint density at radius 2 is 1.82 bits per heavy atom. The van der Waals surface area contributed by atoms with Crippen molar-refractivity contribution in [3.05, 3.63) is 58.2 Å². The van der Waals surface area contributed by atoms with E-state index in [0.29, 0.717) is 28.9 Å². The van der Waals surface area contributed by atoms with E-state index >= 15 is 0 Å². The van der Waals surface area contributed by atoms with Crippen molar-refractivity contribution in [1.82, 2.24) is 4.98 Å². The normalized spacial score (nSPS) is 14.3. The SMILES string of the molecule is O=C(O)c1cc(Cl)ccc1Nc1c(N2CCOCC2)cnc2ccc(Cl)cc12. The number of ether oxygens (including phenoxy) is 1. The molecule has 0 spiro atoms. The summed E-state index contributed by atoms with van der Waals surface area (Å²) in [6, 6.07) is 10.2. The maximum Gasteiger partial charge on any atom is 0.337 e. The summed E-state index contributed by atoms with van der Waals surface area (Å²) in [5, 5.41) is 14.6. The first-order valence-electron chi connectivity index (χ1n) is 8.74. The molecule has 2 N–H and O–H groups in total. The molecule has 1 aliphatic rings. The van der Waals surface area contributed by atoms with Crippen LogP contribution >= 0.6 is 23.2 Å². The summed E-state index contributed by atoms with van der Waals surface area (Å²) in [5.41, 5.74) is 2.91. The minimum atomic E-state index is -1.06. The summed E-state index contributed by atoms with van der Waals surface area (Å²) in [4.78, 5) is 18.4. The highest BCUT2D eigenvalue weighted by molar-refractivity contribution is 6.32. The van der Waals surface area contributed by atoms with Crippen LogP contribution < -0.4 is 10.2 Å². The van der Waals surface area contributed by atoms with E-state index in [1.54, 1.807) is 24.4 Å². The zero-order valence-electron chi connectivity index (χ0n) is 14.8. The summed E-state index contributed by atoms with van der Waals surface area (Å²) in [5.74, 6) is -1.06. The van der Waals surface area contributed by atoms with Gasteiger partial charge in [-0.2, -0.15) is 0 Å². The molecule has 2 aromatic carbocycles. The molecule has 1 saturated heterocycles. The van der Waals surface area contributed by atoms with Gasteiger partial charge in [-0.1, -0.05) is 23.2 Å². The Morgan fingerprint density at radius 1 is 1.11 bits per heavy atom. The van der Waals surface area contributed by atoms with E-state index in [-0.39, 0.29) is 5.56 Å². The molecule has 0 radical (unpaired) electrons. The first-order chi connectivity index (χ1) is 13.5. The average Bonchev–Trinajstić information content (AvgIpc) is 2.70. The van der Waals surface area contributed by atoms with Gasteiger partial charge in [0.05, 0.1) is 47.6 Å². The van der Waals surface area contributed by atoms with Crippen LogP contribution in [0.4, 0.5) is 17.1 Å². The number of hydrogen-bond acceptors (Lipinski definition) is 5. The molecule has 0 aliphatic carbocycles. The lowest BCUT2D eigenvalue weighted by atomic mass is 10.1. The fourth-order valence-corrected chi connectivity index (χ4v) is 3.61. The van der Waals surface area contributed by atoms with Gasteiger partial charge in [-0.3, -0.25) is 4.98 Å². The van der Waals surface area contributed by atoms with Gasteiger partial charge in [0, 0.05) is 28.5 Å². The van der Waals surface area contributed by atoms with Crippen LogP contribution in [0.5, 0.6) is 0 Å². The van der Waals surface area contributed by atoms with Gasteiger partial charge in [-0.25, -0.2) is 4.79 Å². The number of rotatable bonds is 4. The number of nitrogens with one attached hydrogen (secondary N) is 1. The fraction of sp³-hybridized carbons (Fsp3) is 0.200. The number of carbonyl (C=O) groups is 1. The molecule has 3 aromatic rings. The third-order valence-corrected chi connectivity index (χ3v) is 5.10. The van der Waals surface area contributed by atoms with Crippen LogP contribution in [0.2, 0.25) is 10.0 Å². The summed E-state index contributed by atoms with van der Waals surface area (Å²) in [6.07, 6.45) is 1.79. The van der Waals surface area contributed by atoms with Gasteiger partial charge in [0.15, 0.2) is 0 Å². The highest BCUT2D eigenvalue weighted by atomic mass is 35.5. The van der Waals surface area contributed by atoms with Crippen LogP contribution in [-0.4, -0.2) is 42.4 Å². The molecule has 8 heteroatoms. The maximum absolute atomic E-state index is 11.7. The highest BCUT2D eigenvalue weighted by Gasteiger charge is 2.20. The van der Waals surface area contributed by atoms with E-state index in [1.807, 2.05) is 12.1 Å². The first-order valence-corrected chi connectivity index (χ1v) is 9.49. The van der Waals surface area contributed by atoms with E-state index in [9.17, 15) is 9.90 Å². The Labute approximate surface area is 171 Å². The number of halogens is 2. The van der Waals surface area contributed by atoms with Crippen molar-refractivity contribution < 1.29 is 14.6 Å². The van der Waals surface area contributed by atoms with Gasteiger partial charge in [-0.15, -0.1) is 0 Å². The Hall–Kier alpha value is -2.54. The molecule has 28 heavy (non-hydrogen) atoms. The fourth-order valence-electron chi connectivity index (χ4n) is 3.27. The third-order valence-electron chi connectivity index (χ3n) is 4.63. The molecule has 1 aliphatic heterocycles. The second-order valence-electron chi connectivity index (χ2n) is 6.40. The Balaban J connectivity index is 1.88. The number of fused-ring (bicyclic) bond motifs is 1. The number of carboxylic acids is 1. The van der Waals surface area contributed by atoms with Crippen molar-refractivity contribution in [1.29, 1.82) is 0 Å². The van der Waals surface area contributed by atoms with Gasteiger partial charge >= 0.3 is 5.97 Å². The van der Waals surface area contributed by atoms with Crippen LogP contribution in [0.3, 0.4) is 0 Å². The number of aromatic carboxylic acids is 1. The monoisotopic (exact) mass is 417 g/mol. The van der Waals surface area contributed by atoms with Crippen LogP contribution in [0.1, 0.15) is 10.4 Å². The predicted octanol–water partition coefficient (Wildman–Crippen LogP) is 4.82. The van der Waals surface area contributed by atoms with Crippen molar-refractivity contribution in [2.75, 3.05) is 36.5 Å². The second-order valence-corrected chi connectivity index (χ2v) is 7.27. The molecule has 0 unspecified atom stereocenters. The topological polar surface area (TPSA) is 74.7 Å². The van der Waals surface area contributed by atoms with Gasteiger partial charge < -0.3 is 20.1 Å². The lowest BCUT2D eigenvalue weighted by molar-refractivity contribution is 0.0698. The summed E-state index contributed by atoms with van der Waals surface area (Å²) < 4.78 is 5.45. The zero-order chi connectivity index (χ0) is 19.7. The van der Waals surface area contributed by atoms with Gasteiger partial charge in [0.2, 0.25) is 0 Å². The largest absolute Gasteiger partial charge is 0.478 e. The van der Waals surface area contributed by atoms with Gasteiger partial charge in [0.1, 0.15) is 0 Å². The lowest BCUT2D eigenvalue weighted by Gasteiger charge is -2.31. The number of aromatic nitrogens is 1. The Kier molecular flexibility index (Phi) is 5.26. The first kappa shape index (κ1) is 18.8. The minimum absolute atomic E-state index is 0.0902. The molecule has 2 heterocycles. The molecule has 144 valence electrons. The Morgan fingerprint density at radius 3 is 2.57 bits per heavy atom. The highest BCUT2D eigenvalue weighted by Crippen LogP contribution is 2.37.